The highest BCUT2D eigenvalue weighted by Gasteiger charge is 2.23. The Kier molecular flexibility index (Phi) is 7.46. The highest BCUT2D eigenvalue weighted by atomic mass is 19.3. The van der Waals surface area contributed by atoms with Gasteiger partial charge in [0.15, 0.2) is 0 Å². The molecule has 2 aromatic heterocycles. The van der Waals surface area contributed by atoms with E-state index in [9.17, 15) is 13.6 Å². The number of likely N-dealkylation sites (tertiary alicyclic amines) is 1. The molecule has 34 heavy (non-hydrogen) atoms. The van der Waals surface area contributed by atoms with E-state index in [1.165, 1.54) is 5.56 Å². The van der Waals surface area contributed by atoms with Crippen molar-refractivity contribution in [3.8, 4) is 11.3 Å². The third-order valence-corrected chi connectivity index (χ3v) is 6.56. The summed E-state index contributed by atoms with van der Waals surface area (Å²) in [6, 6.07) is 10.1. The number of aryl methyl sites for hydroxylation is 2. The van der Waals surface area contributed by atoms with E-state index in [4.69, 9.17) is 4.74 Å². The summed E-state index contributed by atoms with van der Waals surface area (Å²) in [7, 11) is 1.55. The number of hydrogen-bond acceptors (Lipinski definition) is 4. The molecular weight excluding hydrogens is 438 g/mol. The lowest BCUT2D eigenvalue weighted by Crippen LogP contribution is -2.36. The van der Waals surface area contributed by atoms with Crippen molar-refractivity contribution >= 4 is 17.0 Å². The highest BCUT2D eigenvalue weighted by molar-refractivity contribution is 5.91. The Morgan fingerprint density at radius 2 is 1.91 bits per heavy atom. The van der Waals surface area contributed by atoms with Crippen LogP contribution in [0.5, 0.6) is 0 Å². The second-order valence-electron chi connectivity index (χ2n) is 9.02. The molecule has 3 aromatic rings. The Bertz CT molecular complexity index is 1130. The van der Waals surface area contributed by atoms with Gasteiger partial charge >= 0.3 is 6.09 Å². The lowest BCUT2D eigenvalue weighted by molar-refractivity contribution is 0.119. The van der Waals surface area contributed by atoms with Crippen LogP contribution in [0.25, 0.3) is 22.2 Å². The van der Waals surface area contributed by atoms with E-state index in [1.54, 1.807) is 7.05 Å². The minimum absolute atomic E-state index is 0.289. The molecule has 1 aliphatic heterocycles. The van der Waals surface area contributed by atoms with Crippen LogP contribution >= 0.6 is 0 Å². The number of hydrogen-bond donors (Lipinski definition) is 2. The SMILES string of the molecule is CNC(=O)OCCN1CCC(c2ccc3[nH]c(-c4cc(C)nc(C)c4)c(CC(F)F)c3c2)CC1. The van der Waals surface area contributed by atoms with E-state index >= 15 is 0 Å². The molecule has 3 heterocycles. The fraction of sp³-hybridized carbons (Fsp3) is 0.462. The Balaban J connectivity index is 1.55. The monoisotopic (exact) mass is 470 g/mol. The number of aromatic amines is 1. The molecule has 4 rings (SSSR count). The van der Waals surface area contributed by atoms with Crippen molar-refractivity contribution in [3.63, 3.8) is 0 Å². The van der Waals surface area contributed by atoms with Crippen molar-refractivity contribution in [2.75, 3.05) is 33.3 Å². The van der Waals surface area contributed by atoms with Gasteiger partial charge in [0.05, 0.1) is 5.69 Å². The molecule has 1 fully saturated rings. The summed E-state index contributed by atoms with van der Waals surface area (Å²) in [5.41, 5.74) is 6.12. The number of rotatable bonds is 7. The van der Waals surface area contributed by atoms with Crippen molar-refractivity contribution in [2.24, 2.45) is 0 Å². The molecular formula is C26H32F2N4O2. The molecule has 1 aliphatic rings. The number of nitrogens with zero attached hydrogens (tertiary/aromatic N) is 2. The average Bonchev–Trinajstić information content (AvgIpc) is 3.16. The third kappa shape index (κ3) is 5.55. The van der Waals surface area contributed by atoms with Crippen LogP contribution < -0.4 is 5.32 Å². The molecule has 1 aromatic carbocycles. The predicted molar refractivity (Wildman–Crippen MR) is 130 cm³/mol. The van der Waals surface area contributed by atoms with Crippen LogP contribution in [-0.4, -0.2) is 60.7 Å². The van der Waals surface area contributed by atoms with Crippen molar-refractivity contribution in [1.82, 2.24) is 20.2 Å². The molecule has 6 nitrogen and oxygen atoms in total. The van der Waals surface area contributed by atoms with Gasteiger partial charge in [-0.3, -0.25) is 9.88 Å². The van der Waals surface area contributed by atoms with Gasteiger partial charge in [-0.15, -0.1) is 0 Å². The van der Waals surface area contributed by atoms with E-state index in [0.717, 1.165) is 59.5 Å². The quantitative estimate of drug-likeness (QED) is 0.499. The Morgan fingerprint density at radius 3 is 2.56 bits per heavy atom. The topological polar surface area (TPSA) is 70.2 Å². The molecule has 0 radical (unpaired) electrons. The lowest BCUT2D eigenvalue weighted by Gasteiger charge is -2.32. The van der Waals surface area contributed by atoms with Gasteiger partial charge in [0.2, 0.25) is 6.43 Å². The number of fused-ring (bicyclic) bond motifs is 1. The molecule has 0 spiro atoms. The van der Waals surface area contributed by atoms with Gasteiger partial charge < -0.3 is 15.0 Å². The number of piperidine rings is 1. The number of amides is 1. The Hall–Kier alpha value is -3.00. The molecule has 8 heteroatoms. The molecule has 0 bridgehead atoms. The minimum atomic E-state index is -2.43. The van der Waals surface area contributed by atoms with Crippen LogP contribution in [0.3, 0.4) is 0 Å². The summed E-state index contributed by atoms with van der Waals surface area (Å²) in [5, 5.41) is 3.32. The fourth-order valence-electron chi connectivity index (χ4n) is 4.94. The largest absolute Gasteiger partial charge is 0.448 e. The summed E-state index contributed by atoms with van der Waals surface area (Å²) in [5.74, 6) is 0.378. The zero-order valence-corrected chi connectivity index (χ0v) is 20.0. The number of ether oxygens (including phenoxy) is 1. The molecule has 2 N–H and O–H groups in total. The van der Waals surface area contributed by atoms with Gasteiger partial charge in [-0.25, -0.2) is 13.6 Å². The number of pyridine rings is 1. The first-order valence-corrected chi connectivity index (χ1v) is 11.8. The first-order chi connectivity index (χ1) is 16.3. The van der Waals surface area contributed by atoms with E-state index in [0.29, 0.717) is 24.6 Å². The minimum Gasteiger partial charge on any atom is -0.448 e. The second kappa shape index (κ2) is 10.5. The number of H-pyrrole nitrogens is 1. The normalized spacial score (nSPS) is 15.2. The van der Waals surface area contributed by atoms with Crippen molar-refractivity contribution in [3.05, 3.63) is 52.8 Å². The number of nitrogens with one attached hydrogen (secondary N) is 2. The Morgan fingerprint density at radius 1 is 1.21 bits per heavy atom. The number of alkyl carbamates (subject to hydrolysis) is 1. The van der Waals surface area contributed by atoms with Gasteiger partial charge in [0.25, 0.3) is 0 Å². The molecule has 0 unspecified atom stereocenters. The van der Waals surface area contributed by atoms with Gasteiger partial charge in [0, 0.05) is 47.9 Å². The van der Waals surface area contributed by atoms with Gasteiger partial charge in [0.1, 0.15) is 6.61 Å². The molecule has 0 saturated carbocycles. The predicted octanol–water partition coefficient (Wildman–Crippen LogP) is 5.19. The molecule has 1 saturated heterocycles. The number of benzene rings is 1. The standard InChI is InChI=1S/C26H32F2N4O2/c1-16-12-20(13-17(2)30-16)25-22(15-24(27)28)21-14-19(4-5-23(21)31-25)18-6-8-32(9-7-18)10-11-34-26(33)29-3/h4-5,12-14,18,24,31H,6-11,15H2,1-3H3,(H,29,33). The Labute approximate surface area is 198 Å². The summed E-state index contributed by atoms with van der Waals surface area (Å²) in [6.45, 7) is 6.74. The van der Waals surface area contributed by atoms with Crippen LogP contribution in [0.1, 0.15) is 41.3 Å². The number of aromatic nitrogens is 2. The van der Waals surface area contributed by atoms with E-state index in [1.807, 2.05) is 32.0 Å². The average molecular weight is 471 g/mol. The lowest BCUT2D eigenvalue weighted by atomic mass is 9.88. The summed E-state index contributed by atoms with van der Waals surface area (Å²) < 4.78 is 32.3. The summed E-state index contributed by atoms with van der Waals surface area (Å²) >= 11 is 0. The van der Waals surface area contributed by atoms with Crippen LogP contribution in [0.4, 0.5) is 13.6 Å². The molecule has 182 valence electrons. The number of carbonyl (C=O) groups is 1. The smallest absolute Gasteiger partial charge is 0.406 e. The molecule has 0 atom stereocenters. The first-order valence-electron chi connectivity index (χ1n) is 11.8. The fourth-order valence-corrected chi connectivity index (χ4v) is 4.94. The van der Waals surface area contributed by atoms with E-state index in [-0.39, 0.29) is 6.42 Å². The number of carbonyl (C=O) groups excluding carboxylic acids is 1. The van der Waals surface area contributed by atoms with E-state index in [2.05, 4.69) is 32.3 Å². The maximum absolute atomic E-state index is 13.6. The van der Waals surface area contributed by atoms with Crippen LogP contribution in [0.15, 0.2) is 30.3 Å². The van der Waals surface area contributed by atoms with Crippen LogP contribution in [-0.2, 0) is 11.2 Å². The zero-order valence-electron chi connectivity index (χ0n) is 20.0. The van der Waals surface area contributed by atoms with Crippen molar-refractivity contribution in [1.29, 1.82) is 0 Å². The van der Waals surface area contributed by atoms with Crippen molar-refractivity contribution in [2.45, 2.75) is 45.5 Å². The van der Waals surface area contributed by atoms with Gasteiger partial charge in [-0.1, -0.05) is 6.07 Å². The second-order valence-corrected chi connectivity index (χ2v) is 9.02. The maximum Gasteiger partial charge on any atom is 0.406 e. The van der Waals surface area contributed by atoms with Gasteiger partial charge in [-0.05, 0) is 81.1 Å². The molecule has 0 aliphatic carbocycles. The first kappa shape index (κ1) is 24.1. The zero-order chi connectivity index (χ0) is 24.2. The van der Waals surface area contributed by atoms with Crippen molar-refractivity contribution < 1.29 is 18.3 Å². The maximum atomic E-state index is 13.6. The third-order valence-electron chi connectivity index (χ3n) is 6.56. The summed E-state index contributed by atoms with van der Waals surface area (Å²) in [4.78, 5) is 21.3. The van der Waals surface area contributed by atoms with Gasteiger partial charge in [-0.2, -0.15) is 0 Å². The van der Waals surface area contributed by atoms with E-state index < -0.39 is 12.5 Å². The van der Waals surface area contributed by atoms with Crippen LogP contribution in [0.2, 0.25) is 0 Å². The number of alkyl halides is 2. The number of halogens is 2. The summed E-state index contributed by atoms with van der Waals surface area (Å²) in [6.07, 6.45) is -1.16. The van der Waals surface area contributed by atoms with Crippen LogP contribution in [0, 0.1) is 13.8 Å². The molecule has 1 amide bonds. The highest BCUT2D eigenvalue weighted by Crippen LogP contribution is 2.36.